The largest absolute Gasteiger partial charge is 0.341 e. The van der Waals surface area contributed by atoms with Crippen LogP contribution in [0.1, 0.15) is 26.7 Å². The molecule has 1 aliphatic rings. The number of carbonyl (C=O) groups excluding carboxylic acids is 1. The Morgan fingerprint density at radius 2 is 2.06 bits per heavy atom. The number of piperidine rings is 1. The SMILES string of the molecule is CNCC1CCCN(C(=O)C(C)(C)S(C)(=O)=O)C1. The van der Waals surface area contributed by atoms with Gasteiger partial charge in [0, 0.05) is 19.3 Å². The van der Waals surface area contributed by atoms with Gasteiger partial charge in [-0.3, -0.25) is 4.79 Å². The first-order chi connectivity index (χ1) is 8.20. The molecule has 0 spiro atoms. The van der Waals surface area contributed by atoms with Crippen LogP contribution in [0.3, 0.4) is 0 Å². The van der Waals surface area contributed by atoms with E-state index in [9.17, 15) is 13.2 Å². The van der Waals surface area contributed by atoms with Crippen LogP contribution < -0.4 is 5.32 Å². The van der Waals surface area contributed by atoms with E-state index in [4.69, 9.17) is 0 Å². The summed E-state index contributed by atoms with van der Waals surface area (Å²) >= 11 is 0. The first-order valence-corrected chi connectivity index (χ1v) is 8.23. The van der Waals surface area contributed by atoms with E-state index in [1.54, 1.807) is 4.90 Å². The Balaban J connectivity index is 2.78. The van der Waals surface area contributed by atoms with Gasteiger partial charge in [0.05, 0.1) is 0 Å². The molecule has 0 radical (unpaired) electrons. The molecule has 1 unspecified atom stereocenters. The number of likely N-dealkylation sites (tertiary alicyclic amines) is 1. The lowest BCUT2D eigenvalue weighted by Gasteiger charge is -2.36. The summed E-state index contributed by atoms with van der Waals surface area (Å²) in [4.78, 5) is 14.0. The monoisotopic (exact) mass is 276 g/mol. The van der Waals surface area contributed by atoms with E-state index in [-0.39, 0.29) is 5.91 Å². The average molecular weight is 276 g/mol. The van der Waals surface area contributed by atoms with Crippen molar-refractivity contribution in [2.24, 2.45) is 5.92 Å². The standard InChI is InChI=1S/C12H24N2O3S/c1-12(2,18(4,16)17)11(15)14-7-5-6-10(9-14)8-13-3/h10,13H,5-9H2,1-4H3. The number of nitrogens with zero attached hydrogens (tertiary/aromatic N) is 1. The van der Waals surface area contributed by atoms with Gasteiger partial charge in [0.15, 0.2) is 9.84 Å². The minimum absolute atomic E-state index is 0.272. The molecule has 1 amide bonds. The van der Waals surface area contributed by atoms with Crippen molar-refractivity contribution in [1.29, 1.82) is 0 Å². The summed E-state index contributed by atoms with van der Waals surface area (Å²) in [6.45, 7) is 5.17. The van der Waals surface area contributed by atoms with Gasteiger partial charge in [0.25, 0.3) is 0 Å². The van der Waals surface area contributed by atoms with Crippen LogP contribution in [0, 0.1) is 5.92 Å². The van der Waals surface area contributed by atoms with E-state index < -0.39 is 14.6 Å². The summed E-state index contributed by atoms with van der Waals surface area (Å²) in [6, 6.07) is 0. The molecule has 1 aliphatic heterocycles. The Labute approximate surface area is 110 Å². The maximum atomic E-state index is 12.3. The van der Waals surface area contributed by atoms with Gasteiger partial charge in [-0.15, -0.1) is 0 Å². The fourth-order valence-corrected chi connectivity index (χ4v) is 2.69. The van der Waals surface area contributed by atoms with Crippen LogP contribution in [-0.2, 0) is 14.6 Å². The number of rotatable bonds is 4. The van der Waals surface area contributed by atoms with Crippen molar-refractivity contribution in [3.8, 4) is 0 Å². The highest BCUT2D eigenvalue weighted by Gasteiger charge is 2.42. The second-order valence-corrected chi connectivity index (χ2v) is 8.16. The molecule has 0 aromatic rings. The molecule has 5 nitrogen and oxygen atoms in total. The van der Waals surface area contributed by atoms with Crippen molar-refractivity contribution >= 4 is 15.7 Å². The van der Waals surface area contributed by atoms with Crippen LogP contribution in [0.25, 0.3) is 0 Å². The summed E-state index contributed by atoms with van der Waals surface area (Å²) in [5.41, 5.74) is 0. The lowest BCUT2D eigenvalue weighted by Crippen LogP contribution is -2.53. The molecule has 0 aromatic heterocycles. The predicted molar refractivity (Wildman–Crippen MR) is 72.2 cm³/mol. The van der Waals surface area contributed by atoms with Crippen LogP contribution in [0.4, 0.5) is 0 Å². The second-order valence-electron chi connectivity index (χ2n) is 5.60. The number of amides is 1. The molecule has 6 heteroatoms. The molecule has 1 rings (SSSR count). The van der Waals surface area contributed by atoms with E-state index in [2.05, 4.69) is 5.32 Å². The minimum Gasteiger partial charge on any atom is -0.341 e. The van der Waals surface area contributed by atoms with E-state index in [1.807, 2.05) is 7.05 Å². The topological polar surface area (TPSA) is 66.5 Å². The van der Waals surface area contributed by atoms with Gasteiger partial charge in [-0.25, -0.2) is 8.42 Å². The fraction of sp³-hybridized carbons (Fsp3) is 0.917. The molecule has 1 atom stereocenters. The molecule has 1 saturated heterocycles. The molecule has 1 fully saturated rings. The Kier molecular flexibility index (Phi) is 4.78. The number of nitrogens with one attached hydrogen (secondary N) is 1. The first-order valence-electron chi connectivity index (χ1n) is 6.33. The van der Waals surface area contributed by atoms with E-state index in [1.165, 1.54) is 13.8 Å². The third kappa shape index (κ3) is 3.23. The maximum absolute atomic E-state index is 12.3. The summed E-state index contributed by atoms with van der Waals surface area (Å²) < 4.78 is 22.0. The fourth-order valence-electron chi connectivity index (χ4n) is 2.24. The Hall–Kier alpha value is -0.620. The lowest BCUT2D eigenvalue weighted by atomic mass is 9.97. The van der Waals surface area contributed by atoms with Crippen molar-refractivity contribution in [1.82, 2.24) is 10.2 Å². The maximum Gasteiger partial charge on any atom is 0.243 e. The van der Waals surface area contributed by atoms with Gasteiger partial charge in [-0.1, -0.05) is 0 Å². The molecular weight excluding hydrogens is 252 g/mol. The Morgan fingerprint density at radius 1 is 1.44 bits per heavy atom. The number of sulfone groups is 1. The summed E-state index contributed by atoms with van der Waals surface area (Å²) in [6.07, 6.45) is 3.15. The summed E-state index contributed by atoms with van der Waals surface area (Å²) in [5.74, 6) is 0.147. The van der Waals surface area contributed by atoms with Gasteiger partial charge in [0.1, 0.15) is 4.75 Å². The van der Waals surface area contributed by atoms with Gasteiger partial charge >= 0.3 is 0 Å². The van der Waals surface area contributed by atoms with Gasteiger partial charge < -0.3 is 10.2 Å². The number of carbonyl (C=O) groups is 1. The van der Waals surface area contributed by atoms with Crippen molar-refractivity contribution in [3.05, 3.63) is 0 Å². The molecule has 0 bridgehead atoms. The van der Waals surface area contributed by atoms with Crippen LogP contribution in [0.15, 0.2) is 0 Å². The zero-order valence-corrected chi connectivity index (χ0v) is 12.5. The van der Waals surface area contributed by atoms with Gasteiger partial charge in [-0.05, 0) is 46.2 Å². The average Bonchev–Trinajstić information content (AvgIpc) is 2.27. The van der Waals surface area contributed by atoms with Gasteiger partial charge in [0.2, 0.25) is 5.91 Å². The lowest BCUT2D eigenvalue weighted by molar-refractivity contribution is -0.134. The molecule has 0 aliphatic carbocycles. The summed E-state index contributed by atoms with van der Waals surface area (Å²) in [7, 11) is -1.50. The van der Waals surface area contributed by atoms with E-state index in [0.29, 0.717) is 19.0 Å². The molecule has 18 heavy (non-hydrogen) atoms. The van der Waals surface area contributed by atoms with Crippen molar-refractivity contribution in [3.63, 3.8) is 0 Å². The van der Waals surface area contributed by atoms with Gasteiger partial charge in [-0.2, -0.15) is 0 Å². The van der Waals surface area contributed by atoms with E-state index in [0.717, 1.165) is 25.6 Å². The number of hydrogen-bond donors (Lipinski definition) is 1. The highest BCUT2D eigenvalue weighted by Crippen LogP contribution is 2.23. The smallest absolute Gasteiger partial charge is 0.243 e. The molecule has 0 aromatic carbocycles. The number of hydrogen-bond acceptors (Lipinski definition) is 4. The predicted octanol–water partition coefficient (Wildman–Crippen LogP) is 0.268. The van der Waals surface area contributed by atoms with Crippen LogP contribution >= 0.6 is 0 Å². The normalized spacial score (nSPS) is 22.0. The molecule has 1 heterocycles. The zero-order valence-electron chi connectivity index (χ0n) is 11.7. The van der Waals surface area contributed by atoms with Crippen molar-refractivity contribution < 1.29 is 13.2 Å². The second kappa shape index (κ2) is 5.57. The van der Waals surface area contributed by atoms with E-state index >= 15 is 0 Å². The van der Waals surface area contributed by atoms with Crippen LogP contribution in [0.2, 0.25) is 0 Å². The van der Waals surface area contributed by atoms with Crippen molar-refractivity contribution in [2.45, 2.75) is 31.4 Å². The quantitative estimate of drug-likeness (QED) is 0.800. The molecule has 0 saturated carbocycles. The molecule has 1 N–H and O–H groups in total. The Morgan fingerprint density at radius 3 is 2.56 bits per heavy atom. The Bertz CT molecular complexity index is 402. The summed E-state index contributed by atoms with van der Waals surface area (Å²) in [5, 5.41) is 3.11. The molecular formula is C12H24N2O3S. The third-order valence-electron chi connectivity index (χ3n) is 3.74. The van der Waals surface area contributed by atoms with Crippen molar-refractivity contribution in [2.75, 3.05) is 32.9 Å². The minimum atomic E-state index is -3.39. The first kappa shape index (κ1) is 15.4. The highest BCUT2D eigenvalue weighted by molar-refractivity contribution is 7.92. The third-order valence-corrected chi connectivity index (χ3v) is 5.77. The van der Waals surface area contributed by atoms with Crippen LogP contribution in [-0.4, -0.2) is 56.9 Å². The highest BCUT2D eigenvalue weighted by atomic mass is 32.2. The van der Waals surface area contributed by atoms with Crippen LogP contribution in [0.5, 0.6) is 0 Å². The zero-order chi connectivity index (χ0) is 14.0. The molecule has 106 valence electrons.